The molecule has 0 fully saturated rings. The van der Waals surface area contributed by atoms with E-state index in [0.29, 0.717) is 12.2 Å². The van der Waals surface area contributed by atoms with Crippen LogP contribution in [0.1, 0.15) is 36.5 Å². The minimum Gasteiger partial charge on any atom is -0.497 e. The first kappa shape index (κ1) is 19.0. The molecule has 0 atom stereocenters. The van der Waals surface area contributed by atoms with Crippen molar-refractivity contribution in [1.29, 1.82) is 0 Å². The molecule has 0 aliphatic carbocycles. The van der Waals surface area contributed by atoms with Gasteiger partial charge in [0.25, 0.3) is 0 Å². The highest BCUT2D eigenvalue weighted by Crippen LogP contribution is 2.23. The van der Waals surface area contributed by atoms with E-state index in [1.165, 1.54) is 0 Å². The Bertz CT molecular complexity index is 782. The fraction of sp³-hybridized carbons (Fsp3) is 0.364. The number of Topliss-reactive ketones (excluding diaryl/α,β-unsaturated/α-hetero) is 1. The summed E-state index contributed by atoms with van der Waals surface area (Å²) in [6.07, 6.45) is 3.10. The third-order valence-electron chi connectivity index (χ3n) is 4.59. The van der Waals surface area contributed by atoms with E-state index in [1.54, 1.807) is 19.2 Å². The number of amidine groups is 1. The summed E-state index contributed by atoms with van der Waals surface area (Å²) in [5.74, 6) is 2.60. The van der Waals surface area contributed by atoms with E-state index in [0.717, 1.165) is 48.8 Å². The van der Waals surface area contributed by atoms with Gasteiger partial charge in [0.1, 0.15) is 17.3 Å². The molecule has 5 heteroatoms. The first-order valence-corrected chi connectivity index (χ1v) is 9.42. The van der Waals surface area contributed by atoms with Crippen LogP contribution < -0.4 is 14.4 Å². The van der Waals surface area contributed by atoms with Gasteiger partial charge in [0.05, 0.1) is 20.3 Å². The van der Waals surface area contributed by atoms with Gasteiger partial charge in [-0.2, -0.15) is 0 Å². The molecule has 2 aromatic carbocycles. The highest BCUT2D eigenvalue weighted by Gasteiger charge is 2.20. The van der Waals surface area contributed by atoms with Crippen molar-refractivity contribution in [3.63, 3.8) is 0 Å². The molecule has 0 spiro atoms. The van der Waals surface area contributed by atoms with Crippen LogP contribution in [0.5, 0.6) is 11.5 Å². The summed E-state index contributed by atoms with van der Waals surface area (Å²) in [6, 6.07) is 15.1. The molecule has 0 N–H and O–H groups in total. The lowest BCUT2D eigenvalue weighted by atomic mass is 10.1. The van der Waals surface area contributed by atoms with Crippen LogP contribution in [0.15, 0.2) is 53.5 Å². The summed E-state index contributed by atoms with van der Waals surface area (Å²) < 4.78 is 10.7. The molecule has 0 saturated carbocycles. The molecule has 1 aliphatic heterocycles. The van der Waals surface area contributed by atoms with Crippen LogP contribution in [0.2, 0.25) is 0 Å². The number of aliphatic imine (C=N–C) groups is 1. The topological polar surface area (TPSA) is 51.1 Å². The zero-order chi connectivity index (χ0) is 19.1. The molecule has 0 radical (unpaired) electrons. The molecule has 0 unspecified atom stereocenters. The van der Waals surface area contributed by atoms with Gasteiger partial charge in [0.2, 0.25) is 0 Å². The van der Waals surface area contributed by atoms with E-state index in [4.69, 9.17) is 9.47 Å². The van der Waals surface area contributed by atoms with Crippen LogP contribution in [-0.4, -0.2) is 38.4 Å². The third-order valence-corrected chi connectivity index (χ3v) is 4.59. The van der Waals surface area contributed by atoms with Gasteiger partial charge in [-0.05, 0) is 68.3 Å². The van der Waals surface area contributed by atoms with Crippen molar-refractivity contribution in [3.05, 3.63) is 54.1 Å². The van der Waals surface area contributed by atoms with Gasteiger partial charge in [0, 0.05) is 24.2 Å². The summed E-state index contributed by atoms with van der Waals surface area (Å²) in [5, 5.41) is 0. The van der Waals surface area contributed by atoms with Crippen LogP contribution >= 0.6 is 0 Å². The van der Waals surface area contributed by atoms with Crippen LogP contribution in [-0.2, 0) is 0 Å². The van der Waals surface area contributed by atoms with Gasteiger partial charge in [-0.1, -0.05) is 0 Å². The normalized spacial score (nSPS) is 13.6. The molecule has 0 aromatic heterocycles. The standard InChI is InChI=1S/C22H26N2O3/c1-3-27-20-13-9-18(10-14-20)24(22-6-4-5-15-23-22)16-21(25)17-7-11-19(26-2)12-8-17/h7-14H,3-6,15-16H2,1-2H3. The Morgan fingerprint density at radius 2 is 1.74 bits per heavy atom. The smallest absolute Gasteiger partial charge is 0.182 e. The van der Waals surface area contributed by atoms with E-state index in [1.807, 2.05) is 48.2 Å². The lowest BCUT2D eigenvalue weighted by Gasteiger charge is -2.28. The van der Waals surface area contributed by atoms with Crippen LogP contribution in [0, 0.1) is 0 Å². The predicted molar refractivity (Wildman–Crippen MR) is 108 cm³/mol. The quantitative estimate of drug-likeness (QED) is 0.683. The first-order valence-electron chi connectivity index (χ1n) is 9.42. The average molecular weight is 366 g/mol. The van der Waals surface area contributed by atoms with Gasteiger partial charge in [-0.15, -0.1) is 0 Å². The molecule has 27 heavy (non-hydrogen) atoms. The van der Waals surface area contributed by atoms with Gasteiger partial charge >= 0.3 is 0 Å². The fourth-order valence-corrected chi connectivity index (χ4v) is 3.13. The summed E-state index contributed by atoms with van der Waals surface area (Å²) >= 11 is 0. The van der Waals surface area contributed by atoms with Crippen molar-refractivity contribution in [3.8, 4) is 11.5 Å². The molecule has 1 heterocycles. The second-order valence-corrected chi connectivity index (χ2v) is 6.42. The van der Waals surface area contributed by atoms with Gasteiger partial charge in [-0.3, -0.25) is 9.79 Å². The lowest BCUT2D eigenvalue weighted by Crippen LogP contribution is -2.37. The molecule has 142 valence electrons. The predicted octanol–water partition coefficient (Wildman–Crippen LogP) is 4.37. The van der Waals surface area contributed by atoms with Crippen molar-refractivity contribution in [2.24, 2.45) is 4.99 Å². The Labute approximate surface area is 160 Å². The van der Waals surface area contributed by atoms with Crippen molar-refractivity contribution >= 4 is 17.3 Å². The Morgan fingerprint density at radius 1 is 1.04 bits per heavy atom. The lowest BCUT2D eigenvalue weighted by molar-refractivity contribution is 0.100. The number of anilines is 1. The summed E-state index contributed by atoms with van der Waals surface area (Å²) in [4.78, 5) is 19.6. The second kappa shape index (κ2) is 9.21. The fourth-order valence-electron chi connectivity index (χ4n) is 3.13. The second-order valence-electron chi connectivity index (χ2n) is 6.42. The highest BCUT2D eigenvalue weighted by atomic mass is 16.5. The number of benzene rings is 2. The molecule has 0 amide bonds. The highest BCUT2D eigenvalue weighted by molar-refractivity contribution is 6.07. The maximum atomic E-state index is 12.9. The van der Waals surface area contributed by atoms with Gasteiger partial charge < -0.3 is 14.4 Å². The largest absolute Gasteiger partial charge is 0.497 e. The number of carbonyl (C=O) groups is 1. The van der Waals surface area contributed by atoms with Gasteiger partial charge in [0.15, 0.2) is 5.78 Å². The molecule has 1 aliphatic rings. The Morgan fingerprint density at radius 3 is 2.33 bits per heavy atom. The van der Waals surface area contributed by atoms with E-state index < -0.39 is 0 Å². The molecule has 0 bridgehead atoms. The van der Waals surface area contributed by atoms with Crippen molar-refractivity contribution in [2.45, 2.75) is 26.2 Å². The van der Waals surface area contributed by atoms with Crippen LogP contribution in [0.4, 0.5) is 5.69 Å². The third kappa shape index (κ3) is 4.88. The van der Waals surface area contributed by atoms with Crippen molar-refractivity contribution in [2.75, 3.05) is 31.7 Å². The molecule has 0 saturated heterocycles. The van der Waals surface area contributed by atoms with E-state index >= 15 is 0 Å². The number of rotatable bonds is 7. The molecule has 5 nitrogen and oxygen atoms in total. The first-order chi connectivity index (χ1) is 13.2. The van der Waals surface area contributed by atoms with Crippen molar-refractivity contribution in [1.82, 2.24) is 0 Å². The van der Waals surface area contributed by atoms with E-state index in [9.17, 15) is 4.79 Å². The number of methoxy groups -OCH3 is 1. The van der Waals surface area contributed by atoms with E-state index in [2.05, 4.69) is 4.99 Å². The monoisotopic (exact) mass is 366 g/mol. The van der Waals surface area contributed by atoms with Crippen molar-refractivity contribution < 1.29 is 14.3 Å². The molecular formula is C22H26N2O3. The molecule has 2 aromatic rings. The number of nitrogens with zero attached hydrogens (tertiary/aromatic N) is 2. The number of ketones is 1. The number of hydrogen-bond donors (Lipinski definition) is 0. The minimum absolute atomic E-state index is 0.0554. The van der Waals surface area contributed by atoms with Crippen LogP contribution in [0.3, 0.4) is 0 Å². The zero-order valence-electron chi connectivity index (χ0n) is 16.0. The Balaban J connectivity index is 1.82. The maximum absolute atomic E-state index is 12.9. The number of hydrogen-bond acceptors (Lipinski definition) is 5. The number of carbonyl (C=O) groups excluding carboxylic acids is 1. The Hall–Kier alpha value is -2.82. The molecule has 3 rings (SSSR count). The summed E-state index contributed by atoms with van der Waals surface area (Å²) in [7, 11) is 1.62. The average Bonchev–Trinajstić information content (AvgIpc) is 2.73. The summed E-state index contributed by atoms with van der Waals surface area (Å²) in [5.41, 5.74) is 1.63. The minimum atomic E-state index is 0.0554. The Kier molecular flexibility index (Phi) is 6.47. The van der Waals surface area contributed by atoms with E-state index in [-0.39, 0.29) is 12.3 Å². The van der Waals surface area contributed by atoms with Gasteiger partial charge in [-0.25, -0.2) is 0 Å². The maximum Gasteiger partial charge on any atom is 0.182 e. The molecular weight excluding hydrogens is 340 g/mol. The van der Waals surface area contributed by atoms with Crippen LogP contribution in [0.25, 0.3) is 0 Å². The summed E-state index contributed by atoms with van der Waals surface area (Å²) in [6.45, 7) is 3.68. The zero-order valence-corrected chi connectivity index (χ0v) is 16.0. The SMILES string of the molecule is CCOc1ccc(N(CC(=O)c2ccc(OC)cc2)C2=NCCCC2)cc1. The number of ether oxygens (including phenoxy) is 2.